The molecule has 2 rings (SSSR count). The van der Waals surface area contributed by atoms with Gasteiger partial charge in [0.1, 0.15) is 18.1 Å². The van der Waals surface area contributed by atoms with Crippen LogP contribution in [0.3, 0.4) is 0 Å². The number of aromatic nitrogens is 1. The highest BCUT2D eigenvalue weighted by Crippen LogP contribution is 2.28. The van der Waals surface area contributed by atoms with Gasteiger partial charge in [0, 0.05) is 12.3 Å². The Morgan fingerprint density at radius 1 is 1.26 bits per heavy atom. The molecule has 1 heterocycles. The zero-order valence-electron chi connectivity index (χ0n) is 10.5. The molecule has 0 unspecified atom stereocenters. The van der Waals surface area contributed by atoms with E-state index in [1.807, 2.05) is 24.3 Å². The summed E-state index contributed by atoms with van der Waals surface area (Å²) < 4.78 is 13.2. The summed E-state index contributed by atoms with van der Waals surface area (Å²) in [5.74, 6) is 1.49. The maximum absolute atomic E-state index is 11.5. The summed E-state index contributed by atoms with van der Waals surface area (Å²) in [5.41, 5.74) is -0.0279. The van der Waals surface area contributed by atoms with Crippen molar-refractivity contribution in [3.8, 4) is 11.5 Å². The zero-order valence-corrected chi connectivity index (χ0v) is 12.1. The van der Waals surface area contributed by atoms with E-state index in [0.29, 0.717) is 13.2 Å². The van der Waals surface area contributed by atoms with Gasteiger partial charge in [0.05, 0.1) is 18.1 Å². The lowest BCUT2D eigenvalue weighted by molar-refractivity contribution is 0.294. The molecule has 0 spiro atoms. The minimum absolute atomic E-state index is 0.0279. The first-order chi connectivity index (χ1) is 9.20. The second kappa shape index (κ2) is 6.43. The SMILES string of the molecule is COc1ccc(OCCn2ccccc2=O)c(Br)c1. The first-order valence-corrected chi connectivity index (χ1v) is 6.62. The van der Waals surface area contributed by atoms with E-state index in [2.05, 4.69) is 15.9 Å². The zero-order chi connectivity index (χ0) is 13.7. The number of hydrogen-bond acceptors (Lipinski definition) is 3. The number of pyridine rings is 1. The molecule has 0 atom stereocenters. The molecule has 5 heteroatoms. The monoisotopic (exact) mass is 323 g/mol. The first-order valence-electron chi connectivity index (χ1n) is 5.82. The van der Waals surface area contributed by atoms with E-state index in [4.69, 9.17) is 9.47 Å². The second-order valence-electron chi connectivity index (χ2n) is 3.88. The van der Waals surface area contributed by atoms with E-state index < -0.39 is 0 Å². The van der Waals surface area contributed by atoms with Gasteiger partial charge in [-0.3, -0.25) is 4.79 Å². The Morgan fingerprint density at radius 2 is 2.11 bits per heavy atom. The van der Waals surface area contributed by atoms with Crippen molar-refractivity contribution in [1.82, 2.24) is 4.57 Å². The van der Waals surface area contributed by atoms with Crippen molar-refractivity contribution in [3.63, 3.8) is 0 Å². The molecule has 4 nitrogen and oxygen atoms in total. The molecule has 1 aromatic carbocycles. The molecule has 0 saturated heterocycles. The molecular formula is C14H14BrNO3. The van der Waals surface area contributed by atoms with Crippen LogP contribution in [0.4, 0.5) is 0 Å². The van der Waals surface area contributed by atoms with Gasteiger partial charge in [0.2, 0.25) is 0 Å². The molecule has 19 heavy (non-hydrogen) atoms. The predicted octanol–water partition coefficient (Wildman–Crippen LogP) is 2.70. The largest absolute Gasteiger partial charge is 0.497 e. The van der Waals surface area contributed by atoms with E-state index in [9.17, 15) is 4.79 Å². The predicted molar refractivity (Wildman–Crippen MR) is 76.9 cm³/mol. The average Bonchev–Trinajstić information content (AvgIpc) is 2.42. The van der Waals surface area contributed by atoms with Gasteiger partial charge < -0.3 is 14.0 Å². The van der Waals surface area contributed by atoms with Crippen molar-refractivity contribution in [1.29, 1.82) is 0 Å². The third-order valence-electron chi connectivity index (χ3n) is 2.63. The van der Waals surface area contributed by atoms with Crippen LogP contribution in [0.1, 0.15) is 0 Å². The van der Waals surface area contributed by atoms with Crippen molar-refractivity contribution >= 4 is 15.9 Å². The molecule has 0 aliphatic rings. The van der Waals surface area contributed by atoms with Gasteiger partial charge >= 0.3 is 0 Å². The van der Waals surface area contributed by atoms with Crippen molar-refractivity contribution in [2.75, 3.05) is 13.7 Å². The van der Waals surface area contributed by atoms with Crippen LogP contribution >= 0.6 is 15.9 Å². The molecule has 0 aliphatic carbocycles. The van der Waals surface area contributed by atoms with E-state index >= 15 is 0 Å². The Bertz CT molecular complexity index is 610. The van der Waals surface area contributed by atoms with Crippen LogP contribution in [0, 0.1) is 0 Å². The Balaban J connectivity index is 1.96. The molecule has 0 radical (unpaired) electrons. The molecule has 0 N–H and O–H groups in total. The van der Waals surface area contributed by atoms with Gasteiger partial charge in [-0.1, -0.05) is 6.07 Å². The number of nitrogens with zero attached hydrogens (tertiary/aromatic N) is 1. The van der Waals surface area contributed by atoms with Crippen LogP contribution in [-0.2, 0) is 6.54 Å². The lowest BCUT2D eigenvalue weighted by Crippen LogP contribution is -2.21. The van der Waals surface area contributed by atoms with E-state index in [1.165, 1.54) is 6.07 Å². The molecule has 100 valence electrons. The maximum Gasteiger partial charge on any atom is 0.250 e. The molecular weight excluding hydrogens is 310 g/mol. The minimum Gasteiger partial charge on any atom is -0.497 e. The fraction of sp³-hybridized carbons (Fsp3) is 0.214. The topological polar surface area (TPSA) is 40.5 Å². The van der Waals surface area contributed by atoms with Crippen molar-refractivity contribution < 1.29 is 9.47 Å². The Labute approximate surface area is 119 Å². The molecule has 0 fully saturated rings. The summed E-state index contributed by atoms with van der Waals surface area (Å²) in [6.45, 7) is 0.937. The summed E-state index contributed by atoms with van der Waals surface area (Å²) in [4.78, 5) is 11.5. The number of halogens is 1. The van der Waals surface area contributed by atoms with Crippen LogP contribution in [0.2, 0.25) is 0 Å². The van der Waals surface area contributed by atoms with Gasteiger partial charge in [0.15, 0.2) is 0 Å². The summed E-state index contributed by atoms with van der Waals surface area (Å²) >= 11 is 3.42. The first kappa shape index (κ1) is 13.7. The summed E-state index contributed by atoms with van der Waals surface area (Å²) in [6, 6.07) is 10.6. The van der Waals surface area contributed by atoms with Gasteiger partial charge in [-0.15, -0.1) is 0 Å². The fourth-order valence-corrected chi connectivity index (χ4v) is 2.10. The highest BCUT2D eigenvalue weighted by molar-refractivity contribution is 9.10. The molecule has 2 aromatic rings. The van der Waals surface area contributed by atoms with E-state index in [1.54, 1.807) is 23.9 Å². The van der Waals surface area contributed by atoms with Gasteiger partial charge in [0.25, 0.3) is 5.56 Å². The standard InChI is InChI=1S/C14H14BrNO3/c1-18-11-5-6-13(12(15)10-11)19-9-8-16-7-3-2-4-14(16)17/h2-7,10H,8-9H2,1H3. The molecule has 0 aliphatic heterocycles. The van der Waals surface area contributed by atoms with Crippen LogP contribution in [0.15, 0.2) is 51.9 Å². The number of benzene rings is 1. The van der Waals surface area contributed by atoms with Crippen LogP contribution in [-0.4, -0.2) is 18.3 Å². The van der Waals surface area contributed by atoms with Crippen LogP contribution in [0.25, 0.3) is 0 Å². The van der Waals surface area contributed by atoms with Crippen molar-refractivity contribution in [2.24, 2.45) is 0 Å². The second-order valence-corrected chi connectivity index (χ2v) is 4.73. The third-order valence-corrected chi connectivity index (χ3v) is 3.25. The molecule has 1 aromatic heterocycles. The quantitative estimate of drug-likeness (QED) is 0.849. The number of hydrogen-bond donors (Lipinski definition) is 0. The lowest BCUT2D eigenvalue weighted by atomic mass is 10.3. The normalized spacial score (nSPS) is 10.2. The summed E-state index contributed by atoms with van der Waals surface area (Å²) in [5, 5.41) is 0. The minimum atomic E-state index is -0.0279. The van der Waals surface area contributed by atoms with Crippen molar-refractivity contribution in [3.05, 3.63) is 57.4 Å². The number of methoxy groups -OCH3 is 1. The van der Waals surface area contributed by atoms with Crippen molar-refractivity contribution in [2.45, 2.75) is 6.54 Å². The molecule has 0 amide bonds. The Morgan fingerprint density at radius 3 is 2.79 bits per heavy atom. The third kappa shape index (κ3) is 3.61. The Hall–Kier alpha value is -1.75. The van der Waals surface area contributed by atoms with E-state index in [-0.39, 0.29) is 5.56 Å². The van der Waals surface area contributed by atoms with Crippen LogP contribution < -0.4 is 15.0 Å². The number of ether oxygens (including phenoxy) is 2. The lowest BCUT2D eigenvalue weighted by Gasteiger charge is -2.10. The molecule has 0 saturated carbocycles. The summed E-state index contributed by atoms with van der Waals surface area (Å²) in [7, 11) is 1.62. The Kier molecular flexibility index (Phi) is 4.63. The smallest absolute Gasteiger partial charge is 0.250 e. The molecule has 0 bridgehead atoms. The average molecular weight is 324 g/mol. The van der Waals surface area contributed by atoms with Crippen LogP contribution in [0.5, 0.6) is 11.5 Å². The van der Waals surface area contributed by atoms with Gasteiger partial charge in [-0.05, 0) is 40.2 Å². The summed E-state index contributed by atoms with van der Waals surface area (Å²) in [6.07, 6.45) is 1.74. The number of rotatable bonds is 5. The van der Waals surface area contributed by atoms with Gasteiger partial charge in [-0.25, -0.2) is 0 Å². The highest BCUT2D eigenvalue weighted by Gasteiger charge is 2.03. The fourth-order valence-electron chi connectivity index (χ4n) is 1.62. The van der Waals surface area contributed by atoms with E-state index in [0.717, 1.165) is 16.0 Å². The van der Waals surface area contributed by atoms with Gasteiger partial charge in [-0.2, -0.15) is 0 Å². The maximum atomic E-state index is 11.5. The highest BCUT2D eigenvalue weighted by atomic mass is 79.9.